The number of likely N-dealkylation sites (N-methyl/N-ethyl adjacent to an activating group) is 2. The molecule has 0 spiro atoms. The summed E-state index contributed by atoms with van der Waals surface area (Å²) in [6.45, 7) is 6.45. The predicted octanol–water partition coefficient (Wildman–Crippen LogP) is 1.47. The number of benzene rings is 1. The van der Waals surface area contributed by atoms with E-state index in [1.807, 2.05) is 38.1 Å². The molecule has 10 nitrogen and oxygen atoms in total. The molecule has 0 saturated heterocycles. The number of hydrogen-bond donors (Lipinski definition) is 4. The number of aromatic nitrogens is 2. The zero-order valence-corrected chi connectivity index (χ0v) is 21.0. The minimum absolute atomic E-state index is 0.0959. The summed E-state index contributed by atoms with van der Waals surface area (Å²) in [5.41, 5.74) is 8.75. The van der Waals surface area contributed by atoms with Gasteiger partial charge in [0, 0.05) is 31.9 Å². The molecule has 0 bridgehead atoms. The molecule has 0 aliphatic heterocycles. The van der Waals surface area contributed by atoms with E-state index in [2.05, 4.69) is 25.9 Å². The molecular weight excluding hydrogens is 446 g/mol. The number of amides is 3. The molecule has 0 saturated carbocycles. The van der Waals surface area contributed by atoms with Gasteiger partial charge in [0.25, 0.3) is 5.91 Å². The van der Waals surface area contributed by atoms with Gasteiger partial charge >= 0.3 is 0 Å². The molecular formula is C25H35N7O3. The summed E-state index contributed by atoms with van der Waals surface area (Å²) in [6.07, 6.45) is 4.39. The quantitative estimate of drug-likeness (QED) is 0.336. The molecule has 0 aliphatic carbocycles. The molecule has 1 aromatic heterocycles. The van der Waals surface area contributed by atoms with E-state index in [-0.39, 0.29) is 17.5 Å². The Hall–Kier alpha value is -3.79. The SMILES string of the molecule is CCc1nc(C(N)=O)c(Nc2cccc(CCNC(=O)C(C)N(C)C(=O)/C=C/CNC)c2)nc1C. The molecule has 2 aromatic rings. The van der Waals surface area contributed by atoms with E-state index in [1.165, 1.54) is 11.0 Å². The number of primary amides is 1. The summed E-state index contributed by atoms with van der Waals surface area (Å²) in [5.74, 6) is -0.807. The number of nitrogens with zero attached hydrogens (tertiary/aromatic N) is 3. The maximum absolute atomic E-state index is 12.5. The molecule has 1 unspecified atom stereocenters. The van der Waals surface area contributed by atoms with Crippen LogP contribution in [0.15, 0.2) is 36.4 Å². The predicted molar refractivity (Wildman–Crippen MR) is 136 cm³/mol. The number of aryl methyl sites for hydroxylation is 2. The van der Waals surface area contributed by atoms with Gasteiger partial charge in [-0.15, -0.1) is 0 Å². The first kappa shape index (κ1) is 27.5. The van der Waals surface area contributed by atoms with Crippen molar-refractivity contribution in [1.29, 1.82) is 0 Å². The number of nitrogens with one attached hydrogen (secondary N) is 3. The van der Waals surface area contributed by atoms with E-state index in [0.29, 0.717) is 31.7 Å². The van der Waals surface area contributed by atoms with E-state index < -0.39 is 11.9 Å². The lowest BCUT2D eigenvalue weighted by atomic mass is 10.1. The summed E-state index contributed by atoms with van der Waals surface area (Å²) < 4.78 is 0. The second-order valence-corrected chi connectivity index (χ2v) is 8.12. The van der Waals surface area contributed by atoms with Crippen molar-refractivity contribution in [3.8, 4) is 0 Å². The zero-order valence-electron chi connectivity index (χ0n) is 21.0. The van der Waals surface area contributed by atoms with Gasteiger partial charge in [-0.2, -0.15) is 0 Å². The fourth-order valence-corrected chi connectivity index (χ4v) is 3.33. The summed E-state index contributed by atoms with van der Waals surface area (Å²) in [6, 6.07) is 6.97. The number of carbonyl (C=O) groups is 3. The number of hydrogen-bond acceptors (Lipinski definition) is 7. The summed E-state index contributed by atoms with van der Waals surface area (Å²) in [4.78, 5) is 46.8. The number of rotatable bonds is 12. The summed E-state index contributed by atoms with van der Waals surface area (Å²) in [5, 5.41) is 8.93. The molecule has 0 fully saturated rings. The average Bonchev–Trinajstić information content (AvgIpc) is 2.83. The highest BCUT2D eigenvalue weighted by Gasteiger charge is 2.20. The molecule has 3 amide bonds. The van der Waals surface area contributed by atoms with Crippen LogP contribution in [0.3, 0.4) is 0 Å². The summed E-state index contributed by atoms with van der Waals surface area (Å²) >= 11 is 0. The van der Waals surface area contributed by atoms with Crippen molar-refractivity contribution in [3.63, 3.8) is 0 Å². The minimum atomic E-state index is -0.649. The van der Waals surface area contributed by atoms with E-state index in [4.69, 9.17) is 5.73 Å². The van der Waals surface area contributed by atoms with E-state index >= 15 is 0 Å². The van der Waals surface area contributed by atoms with Gasteiger partial charge in [-0.3, -0.25) is 14.4 Å². The molecule has 35 heavy (non-hydrogen) atoms. The second kappa shape index (κ2) is 13.2. The van der Waals surface area contributed by atoms with Crippen molar-refractivity contribution in [2.45, 2.75) is 39.7 Å². The maximum atomic E-state index is 12.5. The molecule has 1 heterocycles. The van der Waals surface area contributed by atoms with Gasteiger partial charge in [0.2, 0.25) is 11.8 Å². The van der Waals surface area contributed by atoms with Gasteiger partial charge in [0.05, 0.1) is 11.4 Å². The Balaban J connectivity index is 1.99. The first-order valence-corrected chi connectivity index (χ1v) is 11.6. The van der Waals surface area contributed by atoms with E-state index in [9.17, 15) is 14.4 Å². The van der Waals surface area contributed by atoms with Gasteiger partial charge < -0.3 is 26.6 Å². The van der Waals surface area contributed by atoms with Crippen LogP contribution in [-0.4, -0.2) is 65.8 Å². The highest BCUT2D eigenvalue weighted by molar-refractivity contribution is 5.96. The standard InChI is InChI=1S/C25H35N7O3/c1-6-20-16(2)29-24(22(31-20)23(26)34)30-19-10-7-9-18(15-19)12-14-28-25(35)17(3)32(5)21(33)11-8-13-27-4/h7-11,15,17,27H,6,12-14H2,1-5H3,(H2,26,34)(H,28,35)(H,29,30)/b11-8+. The molecule has 1 aromatic carbocycles. The lowest BCUT2D eigenvalue weighted by Gasteiger charge is -2.23. The lowest BCUT2D eigenvalue weighted by Crippen LogP contribution is -2.45. The van der Waals surface area contributed by atoms with E-state index in [0.717, 1.165) is 22.6 Å². The molecule has 10 heteroatoms. The Bertz CT molecular complexity index is 1080. The first-order valence-electron chi connectivity index (χ1n) is 11.6. The number of nitrogens with two attached hydrogens (primary N) is 1. The van der Waals surface area contributed by atoms with Crippen LogP contribution in [0.5, 0.6) is 0 Å². The Labute approximate surface area is 206 Å². The maximum Gasteiger partial charge on any atom is 0.271 e. The molecule has 188 valence electrons. The average molecular weight is 482 g/mol. The Morgan fingerprint density at radius 3 is 2.63 bits per heavy atom. The highest BCUT2D eigenvalue weighted by Crippen LogP contribution is 2.20. The zero-order chi connectivity index (χ0) is 26.0. The molecule has 2 rings (SSSR count). The van der Waals surface area contributed by atoms with Crippen LogP contribution >= 0.6 is 0 Å². The Morgan fingerprint density at radius 1 is 1.23 bits per heavy atom. The van der Waals surface area contributed by atoms with Crippen molar-refractivity contribution in [2.24, 2.45) is 5.73 Å². The van der Waals surface area contributed by atoms with Crippen molar-refractivity contribution in [3.05, 3.63) is 59.1 Å². The first-order chi connectivity index (χ1) is 16.7. The Morgan fingerprint density at radius 2 is 1.97 bits per heavy atom. The normalized spacial score (nSPS) is 11.8. The van der Waals surface area contributed by atoms with Crippen molar-refractivity contribution >= 4 is 29.2 Å². The molecule has 0 radical (unpaired) electrons. The number of anilines is 2. The second-order valence-electron chi connectivity index (χ2n) is 8.12. The smallest absolute Gasteiger partial charge is 0.271 e. The van der Waals surface area contributed by atoms with Gasteiger partial charge in [-0.25, -0.2) is 9.97 Å². The third kappa shape index (κ3) is 7.89. The van der Waals surface area contributed by atoms with Crippen LogP contribution in [0.2, 0.25) is 0 Å². The van der Waals surface area contributed by atoms with Crippen LogP contribution in [0.4, 0.5) is 11.5 Å². The molecule has 1 atom stereocenters. The minimum Gasteiger partial charge on any atom is -0.364 e. The van der Waals surface area contributed by atoms with Gasteiger partial charge in [0.1, 0.15) is 6.04 Å². The van der Waals surface area contributed by atoms with Gasteiger partial charge in [-0.05, 0) is 51.4 Å². The molecule has 0 aliphatic rings. The fraction of sp³-hybridized carbons (Fsp3) is 0.400. The van der Waals surface area contributed by atoms with Crippen LogP contribution < -0.4 is 21.7 Å². The van der Waals surface area contributed by atoms with Crippen LogP contribution in [0.25, 0.3) is 0 Å². The third-order valence-corrected chi connectivity index (χ3v) is 5.53. The highest BCUT2D eigenvalue weighted by atomic mass is 16.2. The summed E-state index contributed by atoms with van der Waals surface area (Å²) in [7, 11) is 3.39. The van der Waals surface area contributed by atoms with Crippen molar-refractivity contribution in [1.82, 2.24) is 25.5 Å². The fourth-order valence-electron chi connectivity index (χ4n) is 3.33. The molecule has 5 N–H and O–H groups in total. The largest absolute Gasteiger partial charge is 0.364 e. The van der Waals surface area contributed by atoms with Crippen LogP contribution in [0, 0.1) is 6.92 Å². The third-order valence-electron chi connectivity index (χ3n) is 5.53. The van der Waals surface area contributed by atoms with Crippen molar-refractivity contribution in [2.75, 3.05) is 32.5 Å². The number of carbonyl (C=O) groups excluding carboxylic acids is 3. The monoisotopic (exact) mass is 481 g/mol. The topological polar surface area (TPSA) is 142 Å². The Kier molecular flexibility index (Phi) is 10.3. The van der Waals surface area contributed by atoms with E-state index in [1.54, 1.807) is 27.1 Å². The van der Waals surface area contributed by atoms with Crippen LogP contribution in [0.1, 0.15) is 41.3 Å². The van der Waals surface area contributed by atoms with Crippen molar-refractivity contribution < 1.29 is 14.4 Å². The van der Waals surface area contributed by atoms with Gasteiger partial charge in [0.15, 0.2) is 11.5 Å². The lowest BCUT2D eigenvalue weighted by molar-refractivity contribution is -0.135. The van der Waals surface area contributed by atoms with Gasteiger partial charge in [-0.1, -0.05) is 25.1 Å². The van der Waals surface area contributed by atoms with Crippen LogP contribution in [-0.2, 0) is 22.4 Å².